The van der Waals surface area contributed by atoms with Gasteiger partial charge in [-0.1, -0.05) is 11.6 Å². The molecule has 10 heteroatoms. The van der Waals surface area contributed by atoms with E-state index < -0.39 is 25.1 Å². The molecule has 0 aliphatic carbocycles. The quantitative estimate of drug-likeness (QED) is 0.791. The monoisotopic (exact) mass is 311 g/mol. The van der Waals surface area contributed by atoms with Crippen molar-refractivity contribution in [3.05, 3.63) is 17.5 Å². The lowest BCUT2D eigenvalue weighted by Crippen LogP contribution is -2.29. The maximum atomic E-state index is 11.9. The van der Waals surface area contributed by atoms with Gasteiger partial charge in [0.2, 0.25) is 10.0 Å². The van der Waals surface area contributed by atoms with Crippen LogP contribution in [0.4, 0.5) is 5.82 Å². The minimum atomic E-state index is -3.78. The molecule has 0 bridgehead atoms. The average Bonchev–Trinajstić information content (AvgIpc) is 2.59. The molecule has 1 aromatic rings. The Balaban J connectivity index is 2.18. The highest BCUT2D eigenvalue weighted by molar-refractivity contribution is 7.97. The van der Waals surface area contributed by atoms with Crippen molar-refractivity contribution < 1.29 is 16.8 Å². The summed E-state index contributed by atoms with van der Waals surface area (Å²) < 4.78 is 48.6. The first kappa shape index (κ1) is 13.5. The molecular weight excluding hydrogens is 302 g/mol. The third-order valence-electron chi connectivity index (χ3n) is 2.51. The van der Waals surface area contributed by atoms with Gasteiger partial charge in [0.25, 0.3) is 0 Å². The first-order valence-electron chi connectivity index (χ1n) is 4.98. The Kier molecular flexibility index (Phi) is 3.47. The molecule has 0 saturated carbocycles. The number of rotatable bonds is 3. The van der Waals surface area contributed by atoms with E-state index in [1.807, 2.05) is 0 Å². The number of anilines is 1. The first-order chi connectivity index (χ1) is 8.28. The van der Waals surface area contributed by atoms with Crippen molar-refractivity contribution in [3.8, 4) is 0 Å². The number of halogens is 1. The molecule has 0 aromatic carbocycles. The van der Waals surface area contributed by atoms with Gasteiger partial charge in [0.05, 0.1) is 16.8 Å². The Morgan fingerprint density at radius 3 is 2.67 bits per heavy atom. The molecular formula is C8H10ClN3O4S2. The van der Waals surface area contributed by atoms with E-state index in [1.54, 1.807) is 0 Å². The summed E-state index contributed by atoms with van der Waals surface area (Å²) in [5.74, 6) is -0.441. The largest absolute Gasteiger partial charge is 0.267 e. The summed E-state index contributed by atoms with van der Waals surface area (Å²) in [5, 5.41) is -0.849. The van der Waals surface area contributed by atoms with Crippen molar-refractivity contribution in [2.75, 3.05) is 16.2 Å². The molecule has 1 N–H and O–H groups in total. The number of sulfone groups is 1. The zero-order valence-corrected chi connectivity index (χ0v) is 11.5. The summed E-state index contributed by atoms with van der Waals surface area (Å²) in [7, 11) is -7.04. The van der Waals surface area contributed by atoms with Crippen LogP contribution in [0.1, 0.15) is 6.42 Å². The van der Waals surface area contributed by atoms with Crippen LogP contribution in [0.3, 0.4) is 0 Å². The van der Waals surface area contributed by atoms with Crippen LogP contribution in [-0.2, 0) is 19.9 Å². The molecule has 0 spiro atoms. The van der Waals surface area contributed by atoms with Crippen molar-refractivity contribution in [1.82, 2.24) is 9.97 Å². The topological polar surface area (TPSA) is 106 Å². The van der Waals surface area contributed by atoms with Crippen LogP contribution in [0.15, 0.2) is 12.4 Å². The highest BCUT2D eigenvalue weighted by Crippen LogP contribution is 2.21. The summed E-state index contributed by atoms with van der Waals surface area (Å²) >= 11 is 5.60. The molecule has 1 atom stereocenters. The van der Waals surface area contributed by atoms with Crippen LogP contribution in [0.2, 0.25) is 5.15 Å². The Bertz CT molecular complexity index is 659. The lowest BCUT2D eigenvalue weighted by Gasteiger charge is -2.11. The molecule has 1 fully saturated rings. The number of nitrogens with zero attached hydrogens (tertiary/aromatic N) is 2. The molecule has 1 unspecified atom stereocenters. The number of aromatic nitrogens is 2. The van der Waals surface area contributed by atoms with Crippen LogP contribution in [0.5, 0.6) is 0 Å². The summed E-state index contributed by atoms with van der Waals surface area (Å²) in [4.78, 5) is 7.31. The Morgan fingerprint density at radius 2 is 2.11 bits per heavy atom. The lowest BCUT2D eigenvalue weighted by molar-refractivity contribution is 0.587. The van der Waals surface area contributed by atoms with Gasteiger partial charge in [0.1, 0.15) is 17.3 Å². The smallest absolute Gasteiger partial charge is 0.237 e. The van der Waals surface area contributed by atoms with E-state index in [1.165, 1.54) is 6.07 Å². The van der Waals surface area contributed by atoms with E-state index in [-0.39, 0.29) is 28.9 Å². The molecule has 2 heterocycles. The summed E-state index contributed by atoms with van der Waals surface area (Å²) in [6.45, 7) is 0. The van der Waals surface area contributed by atoms with Crippen LogP contribution in [-0.4, -0.2) is 43.6 Å². The summed E-state index contributed by atoms with van der Waals surface area (Å²) in [6.07, 6.45) is 1.21. The van der Waals surface area contributed by atoms with Gasteiger partial charge in [-0.3, -0.25) is 4.72 Å². The van der Waals surface area contributed by atoms with E-state index in [2.05, 4.69) is 14.7 Å². The third kappa shape index (κ3) is 3.09. The van der Waals surface area contributed by atoms with Crippen molar-refractivity contribution in [2.24, 2.45) is 0 Å². The van der Waals surface area contributed by atoms with Gasteiger partial charge < -0.3 is 0 Å². The highest BCUT2D eigenvalue weighted by Gasteiger charge is 2.37. The van der Waals surface area contributed by atoms with E-state index >= 15 is 0 Å². The molecule has 18 heavy (non-hydrogen) atoms. The van der Waals surface area contributed by atoms with Gasteiger partial charge in [-0.15, -0.1) is 0 Å². The van der Waals surface area contributed by atoms with Crippen LogP contribution in [0, 0.1) is 0 Å². The molecule has 1 aromatic heterocycles. The molecule has 7 nitrogen and oxygen atoms in total. The molecule has 2 rings (SSSR count). The van der Waals surface area contributed by atoms with Gasteiger partial charge in [-0.05, 0) is 6.42 Å². The normalized spacial score (nSPS) is 22.8. The Hall–Kier alpha value is -0.930. The van der Waals surface area contributed by atoms with Crippen molar-refractivity contribution in [2.45, 2.75) is 11.7 Å². The highest BCUT2D eigenvalue weighted by atomic mass is 35.5. The zero-order chi connectivity index (χ0) is 13.4. The fraction of sp³-hybridized carbons (Fsp3) is 0.500. The Morgan fingerprint density at radius 1 is 1.39 bits per heavy atom. The van der Waals surface area contributed by atoms with Crippen molar-refractivity contribution >= 4 is 37.3 Å². The van der Waals surface area contributed by atoms with E-state index in [0.717, 1.165) is 6.33 Å². The van der Waals surface area contributed by atoms with E-state index in [4.69, 9.17) is 11.6 Å². The Labute approximate surface area is 110 Å². The second-order valence-corrected chi connectivity index (χ2v) is 8.47. The molecule has 1 saturated heterocycles. The molecule has 0 amide bonds. The maximum Gasteiger partial charge on any atom is 0.237 e. The number of nitrogens with one attached hydrogen (secondary N) is 1. The molecule has 1 aliphatic rings. The predicted octanol–water partition coefficient (Wildman–Crippen LogP) is 0.0588. The van der Waals surface area contributed by atoms with Gasteiger partial charge >= 0.3 is 0 Å². The first-order valence-corrected chi connectivity index (χ1v) is 8.73. The minimum absolute atomic E-state index is 0.0271. The summed E-state index contributed by atoms with van der Waals surface area (Å²) in [6, 6.07) is 1.25. The minimum Gasteiger partial charge on any atom is -0.267 e. The number of sulfonamides is 1. The van der Waals surface area contributed by atoms with Gasteiger partial charge in [0, 0.05) is 6.07 Å². The van der Waals surface area contributed by atoms with Gasteiger partial charge in [-0.2, -0.15) is 0 Å². The molecule has 0 radical (unpaired) electrons. The maximum absolute atomic E-state index is 11.9. The second-order valence-electron chi connectivity index (χ2n) is 3.90. The SMILES string of the molecule is O=S1(=O)CCC(S(=O)(=O)Nc2cc(Cl)ncn2)C1. The van der Waals surface area contributed by atoms with Crippen molar-refractivity contribution in [3.63, 3.8) is 0 Å². The van der Waals surface area contributed by atoms with Gasteiger partial charge in [0.15, 0.2) is 9.84 Å². The number of hydrogen-bond donors (Lipinski definition) is 1. The lowest BCUT2D eigenvalue weighted by atomic mass is 10.4. The van der Waals surface area contributed by atoms with Crippen molar-refractivity contribution in [1.29, 1.82) is 0 Å². The molecule has 100 valence electrons. The standard InChI is InChI=1S/C8H10ClN3O4S2/c9-7-3-8(11-5-10-7)12-18(15,16)6-1-2-17(13,14)4-6/h3,5-6H,1-2,4H2,(H,10,11,12). The van der Waals surface area contributed by atoms with Crippen LogP contribution < -0.4 is 4.72 Å². The number of hydrogen-bond acceptors (Lipinski definition) is 6. The van der Waals surface area contributed by atoms with Crippen LogP contribution >= 0.6 is 11.6 Å². The zero-order valence-electron chi connectivity index (χ0n) is 9.08. The molecule has 1 aliphatic heterocycles. The van der Waals surface area contributed by atoms with Crippen LogP contribution in [0.25, 0.3) is 0 Å². The predicted molar refractivity (Wildman–Crippen MR) is 66.6 cm³/mol. The fourth-order valence-corrected chi connectivity index (χ4v) is 5.80. The second kappa shape index (κ2) is 4.63. The average molecular weight is 312 g/mol. The third-order valence-corrected chi connectivity index (χ3v) is 6.47. The fourth-order valence-electron chi connectivity index (χ4n) is 1.62. The van der Waals surface area contributed by atoms with E-state index in [9.17, 15) is 16.8 Å². The van der Waals surface area contributed by atoms with E-state index in [0.29, 0.717) is 0 Å². The van der Waals surface area contributed by atoms with Gasteiger partial charge in [-0.25, -0.2) is 26.8 Å². The summed E-state index contributed by atoms with van der Waals surface area (Å²) in [5.41, 5.74) is 0.